The molecule has 13 rings (SSSR count). The minimum Gasteiger partial charge on any atom is -0.392 e. The molecule has 148 heavy (non-hydrogen) atoms. The monoisotopic (exact) mass is 2180 g/mol. The second kappa shape index (κ2) is 50.4. The first-order valence-electron chi connectivity index (χ1n) is 51.4. The van der Waals surface area contributed by atoms with E-state index in [9.17, 15) is 85.8 Å². The molecule has 5 amide bonds. The molecule has 5 atom stereocenters. The minimum absolute atomic E-state index is 0.00768. The van der Waals surface area contributed by atoms with Crippen LogP contribution in [0.3, 0.4) is 0 Å². The number of nitrogens with one attached hydrogen (secondary N) is 5. The lowest BCUT2D eigenvalue weighted by Crippen LogP contribution is -2.50. The van der Waals surface area contributed by atoms with Crippen LogP contribution in [0.5, 0.6) is 0 Å². The maximum Gasteiger partial charge on any atom is 0.248 e. The summed E-state index contributed by atoms with van der Waals surface area (Å²) in [6, 6.07) is 12.3. The van der Waals surface area contributed by atoms with Gasteiger partial charge < -0.3 is 71.1 Å². The molecule has 46 heteroatoms. The van der Waals surface area contributed by atoms with Crippen molar-refractivity contribution in [3.63, 3.8) is 0 Å². The van der Waals surface area contributed by atoms with Gasteiger partial charge in [-0.3, -0.25) is 50.6 Å². The van der Waals surface area contributed by atoms with Crippen molar-refractivity contribution in [2.24, 2.45) is 5.92 Å². The lowest BCUT2D eigenvalue weighted by Gasteiger charge is -2.34. The summed E-state index contributed by atoms with van der Waals surface area (Å²) in [7, 11) is -18.9. The Balaban J connectivity index is 0.000000206. The average Bonchev–Trinajstić information content (AvgIpc) is 1.31. The van der Waals surface area contributed by atoms with E-state index in [2.05, 4.69) is 52.4 Å². The van der Waals surface area contributed by atoms with Gasteiger partial charge in [-0.15, -0.1) is 0 Å². The molecule has 0 radical (unpaired) electrons. The zero-order valence-corrected chi connectivity index (χ0v) is 94.3. The van der Waals surface area contributed by atoms with Crippen LogP contribution < -0.4 is 26.6 Å². The highest BCUT2D eigenvalue weighted by atomic mass is 32.2. The van der Waals surface area contributed by atoms with Gasteiger partial charge in [-0.1, -0.05) is 141 Å². The van der Waals surface area contributed by atoms with E-state index in [1.54, 1.807) is 12.1 Å². The first-order chi connectivity index (χ1) is 68.8. The van der Waals surface area contributed by atoms with E-state index in [1.807, 2.05) is 90.0 Å². The fourth-order valence-electron chi connectivity index (χ4n) is 18.4. The summed E-state index contributed by atoms with van der Waals surface area (Å²) in [6.45, 7) is 42.6. The van der Waals surface area contributed by atoms with Crippen LogP contribution >= 0.6 is 0 Å². The third-order valence-corrected chi connectivity index (χ3v) is 45.0. The highest BCUT2D eigenvalue weighted by Gasteiger charge is 2.54. The van der Waals surface area contributed by atoms with E-state index in [-0.39, 0.29) is 64.1 Å². The number of aliphatic hydroxyl groups is 3. The number of hydrogen-bond donors (Lipinski definition) is 8. The van der Waals surface area contributed by atoms with Gasteiger partial charge in [0, 0.05) is 117 Å². The highest BCUT2D eigenvalue weighted by molar-refractivity contribution is 7.95. The molecule has 2 saturated carbocycles. The average molecular weight is 2190 g/mol. The number of ether oxygens (including phenoxy) is 7. The standard InChI is InChI=1S/C25H33FN2O5S.C22H36N2O7S.C19H32N2O6S.2C18H30N2O6S/c1-24(2,34(30,31)20-12-10-18(26)11-13-20)23(29)27-22-16-21(28-33-22)25(14-6-7-15-25)17-32-19-8-4-3-5-9-19;1-15(30-19-8-6-7-11-29-19)21(2,3)17-14-18(31-24-17)23-20(25)22(4,5)32(26,27)16-9-12-28-13-10-16;1-12(2)16(22)18(3,4)14-11-15(27-21-14)20-17(23)19(5,6)28(24,25)13-7-9-26-10-8-13;2*1-6-14(21)17(2,3)13-11-15(26-20-13)19-16(22)18(4,5)27(23,24)12-7-9-25-10-8-12/h10-13,16,19H,3-9,14-15,17H2,1-2H3,(H,27,29);14-16,19H,6-13H2,1-5H3,(H,23,25);11-13,16,22H,7-10H2,1-6H3,(H,20,23);2*11-12,14,21H,6-10H2,1-5H3,(H,19,22)/t;15-,19?;;2*14-/m.0.10/s1. The molecule has 5 aliphatic heterocycles. The van der Waals surface area contributed by atoms with Crippen LogP contribution in [0.1, 0.15) is 329 Å². The summed E-state index contributed by atoms with van der Waals surface area (Å²) in [5.41, 5.74) is -0.00311. The fraction of sp³-hybridized carbons (Fsp3) is 0.745. The number of nitrogens with zero attached hydrogens (tertiary/aromatic N) is 5. The number of benzene rings is 1. The molecule has 2 aliphatic carbocycles. The molecule has 836 valence electrons. The summed E-state index contributed by atoms with van der Waals surface area (Å²) >= 11 is 0. The second-order valence-corrected chi connectivity index (χ2v) is 58.3. The van der Waals surface area contributed by atoms with Crippen LogP contribution in [-0.2, 0) is 133 Å². The molecule has 7 fully saturated rings. The van der Waals surface area contributed by atoms with Crippen molar-refractivity contribution in [1.29, 1.82) is 0 Å². The number of anilines is 5. The van der Waals surface area contributed by atoms with Gasteiger partial charge in [-0.05, 0) is 215 Å². The number of aliphatic hydroxyl groups excluding tert-OH is 3. The number of hydrogen-bond acceptors (Lipinski definition) is 35. The van der Waals surface area contributed by atoms with Gasteiger partial charge in [0.1, 0.15) is 29.6 Å². The summed E-state index contributed by atoms with van der Waals surface area (Å²) in [6.07, 6.45) is 14.9. The molecular weight excluding hydrogens is 2020 g/mol. The van der Waals surface area contributed by atoms with Gasteiger partial charge in [0.25, 0.3) is 0 Å². The first-order valence-corrected chi connectivity index (χ1v) is 59.1. The number of sulfone groups is 5. The van der Waals surface area contributed by atoms with Gasteiger partial charge >= 0.3 is 0 Å². The molecule has 40 nitrogen and oxygen atoms in total. The Kier molecular flexibility index (Phi) is 42.0. The van der Waals surface area contributed by atoms with Crippen LogP contribution in [0, 0.1) is 11.7 Å². The zero-order valence-electron chi connectivity index (χ0n) is 90.2. The number of carbonyl (C=O) groups excluding carboxylic acids is 5. The van der Waals surface area contributed by atoms with Crippen LogP contribution in [0.15, 0.2) is 82.1 Å². The Hall–Kier alpha value is -8.10. The quantitative estimate of drug-likeness (QED) is 0.0168. The van der Waals surface area contributed by atoms with Crippen molar-refractivity contribution in [3.8, 4) is 0 Å². The molecule has 0 bridgehead atoms. The Labute approximate surface area is 871 Å². The molecular formula is C102H161FN10O30S5. The number of halogens is 1. The molecule has 6 aromatic rings. The Morgan fingerprint density at radius 2 is 0.696 bits per heavy atom. The van der Waals surface area contributed by atoms with Crippen LogP contribution in [-0.4, -0.2) is 260 Å². The van der Waals surface area contributed by atoms with Crippen molar-refractivity contribution in [2.75, 3.05) is 92.7 Å². The first kappa shape index (κ1) is 123. The Bertz CT molecular complexity index is 5830. The Morgan fingerprint density at radius 1 is 0.392 bits per heavy atom. The number of amides is 5. The van der Waals surface area contributed by atoms with Crippen LogP contribution in [0.4, 0.5) is 33.8 Å². The van der Waals surface area contributed by atoms with E-state index >= 15 is 0 Å². The maximum absolute atomic E-state index is 13.2. The van der Waals surface area contributed by atoms with E-state index < -0.39 is 169 Å². The predicted octanol–water partition coefficient (Wildman–Crippen LogP) is 14.7. The highest BCUT2D eigenvalue weighted by Crippen LogP contribution is 2.45. The van der Waals surface area contributed by atoms with Crippen LogP contribution in [0.2, 0.25) is 0 Å². The molecule has 10 heterocycles. The smallest absolute Gasteiger partial charge is 0.248 e. The normalized spacial score (nSPS) is 19.4. The number of carbonyl (C=O) groups is 5. The van der Waals surface area contributed by atoms with E-state index in [0.29, 0.717) is 153 Å². The van der Waals surface area contributed by atoms with E-state index in [4.69, 9.17) is 55.8 Å². The third kappa shape index (κ3) is 28.5. The maximum atomic E-state index is 13.2. The van der Waals surface area contributed by atoms with Crippen molar-refractivity contribution in [2.45, 2.75) is 414 Å². The Morgan fingerprint density at radius 3 is 1.01 bits per heavy atom. The van der Waals surface area contributed by atoms with Crippen molar-refractivity contribution < 1.29 is 142 Å². The van der Waals surface area contributed by atoms with Gasteiger partial charge in [0.2, 0.25) is 59.0 Å². The zero-order chi connectivity index (χ0) is 110. The van der Waals surface area contributed by atoms with Gasteiger partial charge in [0.05, 0.1) is 91.5 Å². The molecule has 1 aromatic carbocycles. The van der Waals surface area contributed by atoms with Gasteiger partial charge in [-0.25, -0.2) is 46.5 Å². The third-order valence-electron chi connectivity index (χ3n) is 30.8. The fourth-order valence-corrected chi connectivity index (χ4v) is 27.6. The molecule has 2 unspecified atom stereocenters. The van der Waals surface area contributed by atoms with Crippen molar-refractivity contribution in [1.82, 2.24) is 25.8 Å². The summed E-state index contributed by atoms with van der Waals surface area (Å²) in [4.78, 5) is 64.0. The molecule has 0 spiro atoms. The predicted molar refractivity (Wildman–Crippen MR) is 553 cm³/mol. The van der Waals surface area contributed by atoms with Crippen LogP contribution in [0.25, 0.3) is 0 Å². The lowest BCUT2D eigenvalue weighted by atomic mass is 9.78. The summed E-state index contributed by atoms with van der Waals surface area (Å²) in [5.74, 6) is -3.59. The largest absolute Gasteiger partial charge is 0.392 e. The minimum atomic E-state index is -4.08. The molecule has 8 N–H and O–H groups in total. The lowest BCUT2D eigenvalue weighted by molar-refractivity contribution is -0.196. The van der Waals surface area contributed by atoms with E-state index in [1.165, 1.54) is 107 Å². The summed E-state index contributed by atoms with van der Waals surface area (Å²) in [5, 5.41) is 61.2. The topological polar surface area (TPSA) is 572 Å². The number of rotatable bonds is 37. The number of aromatic nitrogens is 5. The van der Waals surface area contributed by atoms with Gasteiger partial charge in [-0.2, -0.15) is 0 Å². The van der Waals surface area contributed by atoms with Crippen molar-refractivity contribution >= 4 is 108 Å². The second-order valence-electron chi connectivity index (χ2n) is 44.6. The molecule has 7 aliphatic rings. The van der Waals surface area contributed by atoms with E-state index in [0.717, 1.165) is 87.7 Å². The summed E-state index contributed by atoms with van der Waals surface area (Å²) < 4.78 is 200. The van der Waals surface area contributed by atoms with Crippen molar-refractivity contribution in [3.05, 3.63) is 88.9 Å². The van der Waals surface area contributed by atoms with Gasteiger partial charge in [0.15, 0.2) is 55.5 Å². The molecule has 5 aromatic heterocycles. The SMILES string of the molecule is CC(C)(C(=O)Nc1cc(C2(COC3CCCCC3)CCCC2)no1)S(=O)(=O)c1ccc(F)cc1.CC(C)C(O)C(C)(C)c1cc(NC(=O)C(C)(C)S(=O)(=O)C2CCOCC2)on1.CC[C@@H](O)C(C)(C)c1cc(NC(=O)C(C)(C)S(=O)(=O)C2CCOCC2)on1.CC[C@H](O)C(C)(C)c1cc(NC(=O)C(C)(C)S(=O)(=O)C2CCOCC2)on1.C[C@H](OC1CCCCO1)C(C)(C)c1cc(NC(=O)C(C)(C)S(=O)(=O)C2CCOCC2)on1. The molecule has 5 saturated heterocycles.